The van der Waals surface area contributed by atoms with E-state index in [1.54, 1.807) is 4.90 Å². The van der Waals surface area contributed by atoms with Crippen LogP contribution in [0.1, 0.15) is 24.0 Å². The van der Waals surface area contributed by atoms with Crippen molar-refractivity contribution in [1.82, 2.24) is 0 Å². The molecule has 1 aliphatic heterocycles. The van der Waals surface area contributed by atoms with Gasteiger partial charge in [0.05, 0.1) is 25.8 Å². The minimum atomic E-state index is -0.561. The molecule has 0 saturated carbocycles. The topological polar surface area (TPSA) is 37.5 Å². The van der Waals surface area contributed by atoms with Crippen LogP contribution >= 0.6 is 0 Å². The van der Waals surface area contributed by atoms with E-state index in [4.69, 9.17) is 4.74 Å². The molecule has 1 N–H and O–H groups in total. The molecule has 1 heterocycles. The zero-order chi connectivity index (χ0) is 16.7. The fourth-order valence-corrected chi connectivity index (χ4v) is 3.60. The van der Waals surface area contributed by atoms with Gasteiger partial charge in [-0.2, -0.15) is 5.26 Å². The van der Waals surface area contributed by atoms with Gasteiger partial charge in [-0.05, 0) is 24.0 Å². The Morgan fingerprint density at radius 2 is 1.46 bits per heavy atom. The number of quaternary nitrogens is 1. The summed E-state index contributed by atoms with van der Waals surface area (Å²) in [5, 5.41) is 10.1. The number of nitrogens with one attached hydrogen (secondary N) is 1. The lowest BCUT2D eigenvalue weighted by atomic mass is 9.72. The lowest BCUT2D eigenvalue weighted by Gasteiger charge is -2.29. The first kappa shape index (κ1) is 16.7. The molecule has 0 aliphatic carbocycles. The van der Waals surface area contributed by atoms with Gasteiger partial charge in [-0.1, -0.05) is 60.7 Å². The summed E-state index contributed by atoms with van der Waals surface area (Å²) < 4.78 is 5.43. The SMILES string of the molecule is N#CC(CCC[NH+]1CCOCC1)(c1ccccc1)c1ccccc1. The Morgan fingerprint density at radius 3 is 1.96 bits per heavy atom. The Hall–Kier alpha value is -2.15. The standard InChI is InChI=1S/C21H24N2O/c22-18-21(19-8-3-1-4-9-19,20-10-5-2-6-11-20)12-7-13-23-14-16-24-17-15-23/h1-6,8-11H,7,12-17H2/p+1. The summed E-state index contributed by atoms with van der Waals surface area (Å²) in [6.45, 7) is 4.98. The highest BCUT2D eigenvalue weighted by Crippen LogP contribution is 2.35. The van der Waals surface area contributed by atoms with Crippen molar-refractivity contribution in [3.05, 3.63) is 71.8 Å². The fraction of sp³-hybridized carbons (Fsp3) is 0.381. The second-order valence-corrected chi connectivity index (χ2v) is 6.47. The van der Waals surface area contributed by atoms with Gasteiger partial charge in [-0.25, -0.2) is 0 Å². The summed E-state index contributed by atoms with van der Waals surface area (Å²) in [6, 6.07) is 23.1. The molecular weight excluding hydrogens is 296 g/mol. The number of morpholine rings is 1. The van der Waals surface area contributed by atoms with Crippen molar-refractivity contribution in [2.24, 2.45) is 0 Å². The van der Waals surface area contributed by atoms with Gasteiger partial charge in [0.2, 0.25) is 0 Å². The van der Waals surface area contributed by atoms with Crippen LogP contribution in [0.5, 0.6) is 0 Å². The number of hydrogen-bond acceptors (Lipinski definition) is 2. The first-order chi connectivity index (χ1) is 11.8. The number of benzene rings is 2. The lowest BCUT2D eigenvalue weighted by molar-refractivity contribution is -0.908. The molecule has 0 spiro atoms. The highest BCUT2D eigenvalue weighted by molar-refractivity contribution is 5.45. The van der Waals surface area contributed by atoms with Crippen molar-refractivity contribution in [1.29, 1.82) is 5.26 Å². The summed E-state index contributed by atoms with van der Waals surface area (Å²) in [5.74, 6) is 0. The summed E-state index contributed by atoms with van der Waals surface area (Å²) in [5.41, 5.74) is 1.63. The molecule has 3 nitrogen and oxygen atoms in total. The molecule has 0 atom stereocenters. The van der Waals surface area contributed by atoms with Crippen molar-refractivity contribution in [2.45, 2.75) is 18.3 Å². The molecule has 1 aliphatic rings. The molecule has 0 amide bonds. The first-order valence-electron chi connectivity index (χ1n) is 8.79. The van der Waals surface area contributed by atoms with Crippen LogP contribution in [0.2, 0.25) is 0 Å². The van der Waals surface area contributed by atoms with Crippen molar-refractivity contribution in [2.75, 3.05) is 32.8 Å². The molecule has 24 heavy (non-hydrogen) atoms. The molecule has 0 unspecified atom stereocenters. The van der Waals surface area contributed by atoms with Gasteiger partial charge in [0.1, 0.15) is 18.5 Å². The van der Waals surface area contributed by atoms with Crippen LogP contribution in [-0.4, -0.2) is 32.8 Å². The molecule has 1 fully saturated rings. The minimum Gasteiger partial charge on any atom is -0.370 e. The number of rotatable bonds is 6. The number of nitrogens with zero attached hydrogens (tertiary/aromatic N) is 1. The Bertz CT molecular complexity index is 618. The summed E-state index contributed by atoms with van der Waals surface area (Å²) in [4.78, 5) is 1.59. The number of nitriles is 1. The summed E-state index contributed by atoms with van der Waals surface area (Å²) >= 11 is 0. The van der Waals surface area contributed by atoms with Gasteiger partial charge in [0.15, 0.2) is 0 Å². The van der Waals surface area contributed by atoms with Crippen molar-refractivity contribution in [3.63, 3.8) is 0 Å². The Morgan fingerprint density at radius 1 is 0.917 bits per heavy atom. The largest absolute Gasteiger partial charge is 0.370 e. The third kappa shape index (κ3) is 3.67. The molecule has 3 heteroatoms. The Labute approximate surface area is 144 Å². The fourth-order valence-electron chi connectivity index (χ4n) is 3.60. The highest BCUT2D eigenvalue weighted by atomic mass is 16.5. The van der Waals surface area contributed by atoms with Crippen LogP contribution in [0.4, 0.5) is 0 Å². The third-order valence-corrected chi connectivity index (χ3v) is 5.01. The molecule has 0 aromatic heterocycles. The molecule has 2 aromatic carbocycles. The van der Waals surface area contributed by atoms with E-state index in [-0.39, 0.29) is 0 Å². The molecule has 2 aromatic rings. The van der Waals surface area contributed by atoms with E-state index in [2.05, 4.69) is 30.3 Å². The van der Waals surface area contributed by atoms with Gasteiger partial charge in [0, 0.05) is 0 Å². The van der Waals surface area contributed by atoms with Gasteiger partial charge >= 0.3 is 0 Å². The van der Waals surface area contributed by atoms with E-state index in [1.165, 1.54) is 0 Å². The highest BCUT2D eigenvalue weighted by Gasteiger charge is 2.34. The van der Waals surface area contributed by atoms with Crippen LogP contribution in [0, 0.1) is 11.3 Å². The van der Waals surface area contributed by atoms with Gasteiger partial charge in [0.25, 0.3) is 0 Å². The van der Waals surface area contributed by atoms with Gasteiger partial charge in [-0.15, -0.1) is 0 Å². The maximum Gasteiger partial charge on any atom is 0.107 e. The van der Waals surface area contributed by atoms with E-state index >= 15 is 0 Å². The van der Waals surface area contributed by atoms with Gasteiger partial charge < -0.3 is 9.64 Å². The first-order valence-corrected chi connectivity index (χ1v) is 8.79. The van der Waals surface area contributed by atoms with E-state index in [9.17, 15) is 5.26 Å². The smallest absolute Gasteiger partial charge is 0.107 e. The molecule has 3 rings (SSSR count). The van der Waals surface area contributed by atoms with Crippen LogP contribution in [0.3, 0.4) is 0 Å². The van der Waals surface area contributed by atoms with Crippen LogP contribution in [0.15, 0.2) is 60.7 Å². The second-order valence-electron chi connectivity index (χ2n) is 6.47. The average Bonchev–Trinajstić information content (AvgIpc) is 2.68. The average molecular weight is 321 g/mol. The van der Waals surface area contributed by atoms with E-state index in [0.717, 1.165) is 56.8 Å². The van der Waals surface area contributed by atoms with E-state index in [0.29, 0.717) is 0 Å². The van der Waals surface area contributed by atoms with Crippen LogP contribution in [-0.2, 0) is 10.2 Å². The molecule has 1 saturated heterocycles. The molecular formula is C21H25N2O+. The Balaban J connectivity index is 1.81. The monoisotopic (exact) mass is 321 g/mol. The summed E-state index contributed by atoms with van der Waals surface area (Å²) in [6.07, 6.45) is 1.88. The van der Waals surface area contributed by atoms with Crippen molar-refractivity contribution >= 4 is 0 Å². The van der Waals surface area contributed by atoms with Crippen molar-refractivity contribution < 1.29 is 9.64 Å². The van der Waals surface area contributed by atoms with Gasteiger partial charge in [-0.3, -0.25) is 0 Å². The predicted molar refractivity (Wildman–Crippen MR) is 94.9 cm³/mol. The molecule has 124 valence electrons. The Kier molecular flexibility index (Phi) is 5.63. The molecule has 0 radical (unpaired) electrons. The van der Waals surface area contributed by atoms with Crippen LogP contribution < -0.4 is 4.90 Å². The second kappa shape index (κ2) is 8.10. The lowest BCUT2D eigenvalue weighted by Crippen LogP contribution is -3.14. The summed E-state index contributed by atoms with van der Waals surface area (Å²) in [7, 11) is 0. The quantitative estimate of drug-likeness (QED) is 0.885. The van der Waals surface area contributed by atoms with E-state index < -0.39 is 5.41 Å². The zero-order valence-electron chi connectivity index (χ0n) is 14.1. The maximum absolute atomic E-state index is 10.1. The number of ether oxygens (including phenoxy) is 1. The van der Waals surface area contributed by atoms with Crippen molar-refractivity contribution in [3.8, 4) is 6.07 Å². The normalized spacial score (nSPS) is 15.8. The predicted octanol–water partition coefficient (Wildman–Crippen LogP) is 2.19. The number of hydrogen-bond donors (Lipinski definition) is 1. The van der Waals surface area contributed by atoms with E-state index in [1.807, 2.05) is 36.4 Å². The molecule has 0 bridgehead atoms. The zero-order valence-corrected chi connectivity index (χ0v) is 14.1. The minimum absolute atomic E-state index is 0.561. The third-order valence-electron chi connectivity index (χ3n) is 5.01. The maximum atomic E-state index is 10.1. The van der Waals surface area contributed by atoms with Crippen LogP contribution in [0.25, 0.3) is 0 Å².